The van der Waals surface area contributed by atoms with E-state index in [1.54, 1.807) is 0 Å². The van der Waals surface area contributed by atoms with Gasteiger partial charge in [0, 0.05) is 17.3 Å². The van der Waals surface area contributed by atoms with Crippen LogP contribution in [0.5, 0.6) is 0 Å². The maximum Gasteiger partial charge on any atom is 0.417 e. The first-order valence-electron chi connectivity index (χ1n) is 6.58. The van der Waals surface area contributed by atoms with E-state index in [0.717, 1.165) is 17.4 Å². The lowest BCUT2D eigenvalue weighted by molar-refractivity contribution is -0.137. The van der Waals surface area contributed by atoms with Crippen LogP contribution in [0.2, 0.25) is 0 Å². The highest BCUT2D eigenvalue weighted by Gasteiger charge is 2.32. The molecule has 3 N–H and O–H groups in total. The molecule has 0 unspecified atom stereocenters. The molecule has 1 aromatic carbocycles. The number of rotatable bonds is 2. The van der Waals surface area contributed by atoms with Crippen LogP contribution in [0.15, 0.2) is 36.5 Å². The predicted octanol–water partition coefficient (Wildman–Crippen LogP) is 4.29. The van der Waals surface area contributed by atoms with Gasteiger partial charge in [-0.2, -0.15) is 13.2 Å². The number of nitrogens with one attached hydrogen (secondary N) is 1. The van der Waals surface area contributed by atoms with Crippen LogP contribution in [-0.4, -0.2) is 10.9 Å². The lowest BCUT2D eigenvalue weighted by Gasteiger charge is -2.05. The minimum absolute atomic E-state index is 0.0427. The minimum Gasteiger partial charge on any atom is -0.397 e. The van der Waals surface area contributed by atoms with Crippen molar-refractivity contribution in [1.82, 2.24) is 4.98 Å². The third kappa shape index (κ3) is 3.02. The van der Waals surface area contributed by atoms with Crippen molar-refractivity contribution < 1.29 is 22.4 Å². The topological polar surface area (TPSA) is 68.0 Å². The van der Waals surface area contributed by atoms with E-state index in [4.69, 9.17) is 5.73 Å². The summed E-state index contributed by atoms with van der Waals surface area (Å²) in [6.45, 7) is 0. The quantitative estimate of drug-likeness (QED) is 0.674. The minimum atomic E-state index is -4.55. The number of thiophene rings is 1. The zero-order valence-electron chi connectivity index (χ0n) is 11.8. The molecule has 0 saturated carbocycles. The highest BCUT2D eigenvalue weighted by atomic mass is 32.1. The van der Waals surface area contributed by atoms with Crippen molar-refractivity contribution in [2.45, 2.75) is 6.18 Å². The highest BCUT2D eigenvalue weighted by molar-refractivity contribution is 7.21. The number of hydrogen-bond donors (Lipinski definition) is 2. The molecule has 3 rings (SSSR count). The van der Waals surface area contributed by atoms with Crippen LogP contribution in [0, 0.1) is 5.82 Å². The van der Waals surface area contributed by atoms with E-state index in [2.05, 4.69) is 10.3 Å². The first kappa shape index (κ1) is 16.2. The van der Waals surface area contributed by atoms with Crippen molar-refractivity contribution in [3.8, 4) is 0 Å². The standard InChI is InChI=1S/C15H9F4N3OS/c16-8-1-3-9(4-2-8)22-13(23)12-11(20)10-5-7(15(17,18)19)6-21-14(10)24-12/h1-6H,20H2,(H,22,23). The monoisotopic (exact) mass is 355 g/mol. The molecular weight excluding hydrogens is 346 g/mol. The van der Waals surface area contributed by atoms with Crippen LogP contribution in [0.1, 0.15) is 15.2 Å². The average Bonchev–Trinajstić information content (AvgIpc) is 2.85. The Morgan fingerprint density at radius 2 is 1.88 bits per heavy atom. The zero-order valence-corrected chi connectivity index (χ0v) is 12.6. The van der Waals surface area contributed by atoms with Crippen molar-refractivity contribution in [3.05, 3.63) is 52.8 Å². The van der Waals surface area contributed by atoms with Gasteiger partial charge in [-0.05, 0) is 30.3 Å². The Morgan fingerprint density at radius 1 is 1.21 bits per heavy atom. The van der Waals surface area contributed by atoms with Gasteiger partial charge in [0.1, 0.15) is 15.5 Å². The number of nitrogen functional groups attached to an aromatic ring is 1. The number of nitrogens with zero attached hydrogens (tertiary/aromatic N) is 1. The van der Waals surface area contributed by atoms with Gasteiger partial charge in [-0.25, -0.2) is 9.37 Å². The molecule has 0 aliphatic rings. The second kappa shape index (κ2) is 5.75. The number of halogens is 4. The number of aromatic nitrogens is 1. The van der Waals surface area contributed by atoms with Gasteiger partial charge in [0.2, 0.25) is 0 Å². The third-order valence-electron chi connectivity index (χ3n) is 3.22. The van der Waals surface area contributed by atoms with Gasteiger partial charge in [-0.3, -0.25) is 4.79 Å². The summed E-state index contributed by atoms with van der Waals surface area (Å²) in [7, 11) is 0. The summed E-state index contributed by atoms with van der Waals surface area (Å²) < 4.78 is 51.1. The normalized spacial score (nSPS) is 11.7. The number of pyridine rings is 1. The number of fused-ring (bicyclic) bond motifs is 1. The number of nitrogens with two attached hydrogens (primary N) is 1. The third-order valence-corrected chi connectivity index (χ3v) is 4.35. The van der Waals surface area contributed by atoms with E-state index in [0.29, 0.717) is 11.9 Å². The Labute approximate surface area is 136 Å². The Bertz CT molecular complexity index is 919. The van der Waals surface area contributed by atoms with E-state index in [9.17, 15) is 22.4 Å². The van der Waals surface area contributed by atoms with E-state index >= 15 is 0 Å². The highest BCUT2D eigenvalue weighted by Crippen LogP contribution is 2.37. The molecule has 24 heavy (non-hydrogen) atoms. The van der Waals surface area contributed by atoms with E-state index in [1.165, 1.54) is 24.3 Å². The number of amides is 1. The molecule has 0 radical (unpaired) electrons. The van der Waals surface area contributed by atoms with Crippen LogP contribution in [-0.2, 0) is 6.18 Å². The van der Waals surface area contributed by atoms with Crippen LogP contribution < -0.4 is 11.1 Å². The number of hydrogen-bond acceptors (Lipinski definition) is 4. The molecule has 0 atom stereocenters. The molecule has 0 aliphatic heterocycles. The Kier molecular flexibility index (Phi) is 3.88. The smallest absolute Gasteiger partial charge is 0.397 e. The van der Waals surface area contributed by atoms with Gasteiger partial charge < -0.3 is 11.1 Å². The van der Waals surface area contributed by atoms with Crippen molar-refractivity contribution in [2.75, 3.05) is 11.1 Å². The number of carbonyl (C=O) groups is 1. The zero-order chi connectivity index (χ0) is 17.5. The van der Waals surface area contributed by atoms with Crippen molar-refractivity contribution in [3.63, 3.8) is 0 Å². The number of anilines is 2. The number of benzene rings is 1. The fourth-order valence-corrected chi connectivity index (χ4v) is 2.99. The van der Waals surface area contributed by atoms with Gasteiger partial charge in [0.25, 0.3) is 5.91 Å². The SMILES string of the molecule is Nc1c(C(=O)Nc2ccc(F)cc2)sc2ncc(C(F)(F)F)cc12. The fourth-order valence-electron chi connectivity index (χ4n) is 2.05. The molecule has 4 nitrogen and oxygen atoms in total. The summed E-state index contributed by atoms with van der Waals surface area (Å²) >= 11 is 0.884. The van der Waals surface area contributed by atoms with E-state index in [1.807, 2.05) is 0 Å². The lowest BCUT2D eigenvalue weighted by Crippen LogP contribution is -2.11. The Hall–Kier alpha value is -2.68. The molecule has 2 heterocycles. The maximum absolute atomic E-state index is 12.9. The summed E-state index contributed by atoms with van der Waals surface area (Å²) in [6.07, 6.45) is -3.86. The van der Waals surface area contributed by atoms with Crippen molar-refractivity contribution in [2.24, 2.45) is 0 Å². The van der Waals surface area contributed by atoms with E-state index < -0.39 is 23.5 Å². The largest absolute Gasteiger partial charge is 0.417 e. The Balaban J connectivity index is 1.96. The predicted molar refractivity (Wildman–Crippen MR) is 83.4 cm³/mol. The van der Waals surface area contributed by atoms with Crippen LogP contribution in [0.3, 0.4) is 0 Å². The molecule has 3 aromatic rings. The molecule has 124 valence electrons. The number of alkyl halides is 3. The Morgan fingerprint density at radius 3 is 2.50 bits per heavy atom. The molecule has 0 spiro atoms. The summed E-state index contributed by atoms with van der Waals surface area (Å²) in [5.41, 5.74) is 5.13. The van der Waals surface area contributed by atoms with Gasteiger partial charge in [-0.1, -0.05) is 0 Å². The summed E-state index contributed by atoms with van der Waals surface area (Å²) in [5.74, 6) is -1.06. The molecule has 0 bridgehead atoms. The first-order valence-corrected chi connectivity index (χ1v) is 7.39. The van der Waals surface area contributed by atoms with Gasteiger partial charge in [0.15, 0.2) is 0 Å². The van der Waals surface area contributed by atoms with Gasteiger partial charge in [-0.15, -0.1) is 11.3 Å². The van der Waals surface area contributed by atoms with E-state index in [-0.39, 0.29) is 20.8 Å². The number of carbonyl (C=O) groups excluding carboxylic acids is 1. The molecular formula is C15H9F4N3OS. The average molecular weight is 355 g/mol. The van der Waals surface area contributed by atoms with Crippen LogP contribution >= 0.6 is 11.3 Å². The summed E-state index contributed by atoms with van der Waals surface area (Å²) in [4.78, 5) is 16.2. The van der Waals surface area contributed by atoms with Crippen molar-refractivity contribution in [1.29, 1.82) is 0 Å². The van der Waals surface area contributed by atoms with Gasteiger partial charge >= 0.3 is 6.18 Å². The summed E-state index contributed by atoms with van der Waals surface area (Å²) in [5, 5.41) is 2.58. The van der Waals surface area contributed by atoms with Crippen LogP contribution in [0.25, 0.3) is 10.2 Å². The lowest BCUT2D eigenvalue weighted by atomic mass is 10.2. The molecule has 0 aliphatic carbocycles. The molecule has 0 saturated heterocycles. The fraction of sp³-hybridized carbons (Fsp3) is 0.0667. The first-order chi connectivity index (χ1) is 11.3. The van der Waals surface area contributed by atoms with Crippen molar-refractivity contribution >= 4 is 38.8 Å². The summed E-state index contributed by atoms with van der Waals surface area (Å²) in [6, 6.07) is 5.92. The van der Waals surface area contributed by atoms with Gasteiger partial charge in [0.05, 0.1) is 11.3 Å². The second-order valence-corrected chi connectivity index (χ2v) is 5.88. The van der Waals surface area contributed by atoms with Crippen LogP contribution in [0.4, 0.5) is 28.9 Å². The molecule has 9 heteroatoms. The second-order valence-electron chi connectivity index (χ2n) is 4.88. The molecule has 1 amide bonds. The molecule has 0 fully saturated rings. The molecule has 2 aromatic heterocycles. The maximum atomic E-state index is 12.9.